The maximum atomic E-state index is 6.31. The topological polar surface area (TPSA) is 30.7 Å². The maximum Gasteiger partial charge on any atom is 0.137 e. The highest BCUT2D eigenvalue weighted by Gasteiger charge is 2.16. The minimum Gasteiger partial charge on any atom is -0.252 e. The lowest BCUT2D eigenvalue weighted by molar-refractivity contribution is 0.474. The van der Waals surface area contributed by atoms with E-state index in [-0.39, 0.29) is 0 Å². The molecular formula is C14H17Cl2N3. The summed E-state index contributed by atoms with van der Waals surface area (Å²) in [6.45, 7) is 2.98. The number of aromatic nitrogens is 3. The van der Waals surface area contributed by atoms with Gasteiger partial charge in [0.2, 0.25) is 0 Å². The second kappa shape index (κ2) is 6.92. The zero-order valence-electron chi connectivity index (χ0n) is 10.9. The first-order valence-corrected chi connectivity index (χ1v) is 7.23. The first kappa shape index (κ1) is 14.4. The van der Waals surface area contributed by atoms with E-state index in [1.165, 1.54) is 6.42 Å². The summed E-state index contributed by atoms with van der Waals surface area (Å²) in [5.74, 6) is 0.339. The molecule has 2 rings (SSSR count). The smallest absolute Gasteiger partial charge is 0.137 e. The van der Waals surface area contributed by atoms with Gasteiger partial charge < -0.3 is 0 Å². The summed E-state index contributed by atoms with van der Waals surface area (Å²) >= 11 is 12.3. The van der Waals surface area contributed by atoms with Crippen molar-refractivity contribution >= 4 is 23.2 Å². The largest absolute Gasteiger partial charge is 0.252 e. The fourth-order valence-electron chi connectivity index (χ4n) is 2.18. The highest BCUT2D eigenvalue weighted by molar-refractivity contribution is 6.35. The number of hydrogen-bond donors (Lipinski definition) is 0. The van der Waals surface area contributed by atoms with Crippen LogP contribution in [0.3, 0.4) is 0 Å². The van der Waals surface area contributed by atoms with Crippen molar-refractivity contribution in [1.29, 1.82) is 0 Å². The fraction of sp³-hybridized carbons (Fsp3) is 0.429. The number of unbranched alkanes of at least 4 members (excludes halogenated alkanes) is 1. The lowest BCUT2D eigenvalue weighted by Gasteiger charge is -2.18. The molecule has 0 radical (unpaired) electrons. The number of benzene rings is 1. The quantitative estimate of drug-likeness (QED) is 0.782. The van der Waals surface area contributed by atoms with Gasteiger partial charge in [-0.05, 0) is 24.1 Å². The fourth-order valence-corrected chi connectivity index (χ4v) is 2.74. The van der Waals surface area contributed by atoms with Crippen LogP contribution in [-0.2, 0) is 6.54 Å². The SMILES string of the molecule is CCCCC(Cn1cncn1)c1ccc(Cl)cc1Cl. The zero-order chi connectivity index (χ0) is 13.7. The summed E-state index contributed by atoms with van der Waals surface area (Å²) in [5.41, 5.74) is 1.13. The first-order chi connectivity index (χ1) is 9.20. The van der Waals surface area contributed by atoms with Gasteiger partial charge in [-0.15, -0.1) is 0 Å². The van der Waals surface area contributed by atoms with Crippen molar-refractivity contribution in [2.24, 2.45) is 0 Å². The standard InChI is InChI=1S/C14H17Cl2N3/c1-2-3-4-11(8-19-10-17-9-18-19)13-6-5-12(15)7-14(13)16/h5-7,9-11H,2-4,8H2,1H3. The summed E-state index contributed by atoms with van der Waals surface area (Å²) in [6, 6.07) is 5.71. The van der Waals surface area contributed by atoms with Gasteiger partial charge in [0.25, 0.3) is 0 Å². The van der Waals surface area contributed by atoms with Crippen LogP contribution in [0.2, 0.25) is 10.0 Å². The van der Waals surface area contributed by atoms with E-state index in [0.29, 0.717) is 10.9 Å². The molecule has 102 valence electrons. The normalized spacial score (nSPS) is 12.6. The highest BCUT2D eigenvalue weighted by atomic mass is 35.5. The Morgan fingerprint density at radius 2 is 2.16 bits per heavy atom. The third-order valence-electron chi connectivity index (χ3n) is 3.18. The Morgan fingerprint density at radius 1 is 1.32 bits per heavy atom. The molecule has 0 bridgehead atoms. The maximum absolute atomic E-state index is 6.31. The molecule has 1 heterocycles. The average molecular weight is 298 g/mol. The van der Waals surface area contributed by atoms with E-state index in [9.17, 15) is 0 Å². The molecule has 0 aliphatic carbocycles. The molecule has 0 amide bonds. The molecule has 2 aromatic rings. The van der Waals surface area contributed by atoms with Crippen LogP contribution < -0.4 is 0 Å². The van der Waals surface area contributed by atoms with Crippen LogP contribution in [-0.4, -0.2) is 14.8 Å². The van der Waals surface area contributed by atoms with E-state index < -0.39 is 0 Å². The molecule has 0 aliphatic heterocycles. The Bertz CT molecular complexity index is 511. The molecule has 3 nitrogen and oxygen atoms in total. The lowest BCUT2D eigenvalue weighted by atomic mass is 9.93. The third kappa shape index (κ3) is 3.95. The predicted molar refractivity (Wildman–Crippen MR) is 78.8 cm³/mol. The molecule has 0 spiro atoms. The minimum absolute atomic E-state index is 0.339. The molecule has 0 aliphatic rings. The van der Waals surface area contributed by atoms with E-state index >= 15 is 0 Å². The number of hydrogen-bond acceptors (Lipinski definition) is 2. The summed E-state index contributed by atoms with van der Waals surface area (Å²) in [4.78, 5) is 3.98. The third-order valence-corrected chi connectivity index (χ3v) is 3.74. The second-order valence-corrected chi connectivity index (χ2v) is 5.47. The van der Waals surface area contributed by atoms with Gasteiger partial charge in [-0.2, -0.15) is 5.10 Å². The summed E-state index contributed by atoms with van der Waals surface area (Å²) in [6.07, 6.45) is 6.71. The Balaban J connectivity index is 2.20. The lowest BCUT2D eigenvalue weighted by Crippen LogP contribution is -2.10. The van der Waals surface area contributed by atoms with Crippen LogP contribution in [0, 0.1) is 0 Å². The molecule has 0 fully saturated rings. The Labute approximate surface area is 123 Å². The summed E-state index contributed by atoms with van der Waals surface area (Å²) < 4.78 is 1.85. The molecule has 1 unspecified atom stereocenters. The van der Waals surface area contributed by atoms with E-state index in [4.69, 9.17) is 23.2 Å². The molecule has 19 heavy (non-hydrogen) atoms. The summed E-state index contributed by atoms with van der Waals surface area (Å²) in [5, 5.41) is 5.57. The predicted octanol–water partition coefficient (Wildman–Crippen LogP) is 4.56. The first-order valence-electron chi connectivity index (χ1n) is 6.48. The molecule has 1 aromatic heterocycles. The van der Waals surface area contributed by atoms with Crippen LogP contribution >= 0.6 is 23.2 Å². The molecule has 1 atom stereocenters. The van der Waals surface area contributed by atoms with E-state index in [0.717, 1.165) is 30.0 Å². The van der Waals surface area contributed by atoms with Crippen LogP contribution in [0.4, 0.5) is 0 Å². The molecule has 1 aromatic carbocycles. The van der Waals surface area contributed by atoms with E-state index in [1.54, 1.807) is 18.7 Å². The van der Waals surface area contributed by atoms with Crippen molar-refractivity contribution in [3.8, 4) is 0 Å². The van der Waals surface area contributed by atoms with Crippen molar-refractivity contribution in [1.82, 2.24) is 14.8 Å². The van der Waals surface area contributed by atoms with Crippen molar-refractivity contribution < 1.29 is 0 Å². The minimum atomic E-state index is 0.339. The monoisotopic (exact) mass is 297 g/mol. The van der Waals surface area contributed by atoms with Crippen molar-refractivity contribution in [3.63, 3.8) is 0 Å². The van der Waals surface area contributed by atoms with Gasteiger partial charge in [-0.3, -0.25) is 4.68 Å². The zero-order valence-corrected chi connectivity index (χ0v) is 12.4. The Morgan fingerprint density at radius 3 is 2.79 bits per heavy atom. The van der Waals surface area contributed by atoms with Crippen molar-refractivity contribution in [3.05, 3.63) is 46.5 Å². The molecule has 5 heteroatoms. The van der Waals surface area contributed by atoms with Crippen LogP contribution in [0.25, 0.3) is 0 Å². The number of rotatable bonds is 6. The Hall–Kier alpha value is -1.06. The van der Waals surface area contributed by atoms with Gasteiger partial charge in [0.1, 0.15) is 12.7 Å². The molecule has 0 saturated heterocycles. The average Bonchev–Trinajstić information content (AvgIpc) is 2.88. The number of halogens is 2. The molecular weight excluding hydrogens is 281 g/mol. The van der Waals surface area contributed by atoms with Crippen molar-refractivity contribution in [2.75, 3.05) is 0 Å². The van der Waals surface area contributed by atoms with Crippen LogP contribution in [0.5, 0.6) is 0 Å². The van der Waals surface area contributed by atoms with Gasteiger partial charge in [0.15, 0.2) is 0 Å². The van der Waals surface area contributed by atoms with E-state index in [1.807, 2.05) is 16.8 Å². The molecule has 0 N–H and O–H groups in total. The van der Waals surface area contributed by atoms with Gasteiger partial charge in [-0.1, -0.05) is 49.0 Å². The van der Waals surface area contributed by atoms with Crippen LogP contribution in [0.15, 0.2) is 30.9 Å². The Kier molecular flexibility index (Phi) is 5.23. The van der Waals surface area contributed by atoms with Gasteiger partial charge in [0.05, 0.1) is 0 Å². The van der Waals surface area contributed by atoms with E-state index in [2.05, 4.69) is 17.0 Å². The second-order valence-electron chi connectivity index (χ2n) is 4.62. The van der Waals surface area contributed by atoms with Crippen LogP contribution in [0.1, 0.15) is 37.7 Å². The highest BCUT2D eigenvalue weighted by Crippen LogP contribution is 2.31. The molecule has 0 saturated carbocycles. The summed E-state index contributed by atoms with van der Waals surface area (Å²) in [7, 11) is 0. The number of nitrogens with zero attached hydrogens (tertiary/aromatic N) is 3. The van der Waals surface area contributed by atoms with Gasteiger partial charge >= 0.3 is 0 Å². The van der Waals surface area contributed by atoms with Gasteiger partial charge in [-0.25, -0.2) is 4.98 Å². The van der Waals surface area contributed by atoms with Crippen molar-refractivity contribution in [2.45, 2.75) is 38.6 Å². The van der Waals surface area contributed by atoms with Gasteiger partial charge in [0, 0.05) is 22.5 Å².